The van der Waals surface area contributed by atoms with Gasteiger partial charge < -0.3 is 13.7 Å². The summed E-state index contributed by atoms with van der Waals surface area (Å²) in [6.07, 6.45) is 2.19. The van der Waals surface area contributed by atoms with Crippen molar-refractivity contribution in [2.75, 3.05) is 14.2 Å². The molecule has 0 bridgehead atoms. The minimum Gasteiger partial charge on any atom is -0.497 e. The third-order valence-electron chi connectivity index (χ3n) is 2.39. The molecule has 0 spiro atoms. The number of carbonyl (C=O) groups excluding carboxylic acids is 1. The topological polar surface area (TPSA) is 78.9 Å². The summed E-state index contributed by atoms with van der Waals surface area (Å²) < 4.78 is 71.9. The first-order valence-corrected chi connectivity index (χ1v) is 6.57. The second-order valence-electron chi connectivity index (χ2n) is 3.65. The zero-order valence-electron chi connectivity index (χ0n) is 10.4. The molecule has 0 aromatic carbocycles. The van der Waals surface area contributed by atoms with Crippen molar-refractivity contribution in [3.63, 3.8) is 0 Å². The summed E-state index contributed by atoms with van der Waals surface area (Å²) in [6.45, 7) is 0. The monoisotopic (exact) mass is 316 g/mol. The molecule has 0 aromatic rings. The predicted octanol–water partition coefficient (Wildman–Crippen LogP) is 1.46. The van der Waals surface area contributed by atoms with Gasteiger partial charge >= 0.3 is 21.6 Å². The van der Waals surface area contributed by atoms with Gasteiger partial charge in [-0.15, -0.1) is 0 Å². The summed E-state index contributed by atoms with van der Waals surface area (Å²) in [5.41, 5.74) is -5.59. The van der Waals surface area contributed by atoms with Crippen LogP contribution in [0.1, 0.15) is 6.42 Å². The Balaban J connectivity index is 3.11. The van der Waals surface area contributed by atoms with E-state index in [-0.39, 0.29) is 12.2 Å². The molecule has 0 heterocycles. The maximum absolute atomic E-state index is 12.3. The molecule has 0 fully saturated rings. The lowest BCUT2D eigenvalue weighted by molar-refractivity contribution is -0.144. The van der Waals surface area contributed by atoms with E-state index in [9.17, 15) is 26.4 Å². The number of ether oxygens (including phenoxy) is 2. The van der Waals surface area contributed by atoms with Crippen LogP contribution in [0.2, 0.25) is 0 Å². The Morgan fingerprint density at radius 2 is 1.95 bits per heavy atom. The van der Waals surface area contributed by atoms with E-state index in [0.717, 1.165) is 13.2 Å². The van der Waals surface area contributed by atoms with Gasteiger partial charge in [-0.2, -0.15) is 21.6 Å². The molecule has 0 N–H and O–H groups in total. The SMILES string of the molecule is COC(=O)C1CC=C(OC)C=C1OS(=O)(=O)C(F)(F)F. The van der Waals surface area contributed by atoms with Crippen molar-refractivity contribution >= 4 is 16.1 Å². The van der Waals surface area contributed by atoms with Crippen LogP contribution in [0.15, 0.2) is 23.7 Å². The first-order valence-electron chi connectivity index (χ1n) is 5.16. The van der Waals surface area contributed by atoms with E-state index in [2.05, 4.69) is 8.92 Å². The zero-order valence-corrected chi connectivity index (χ0v) is 11.2. The Bertz CT molecular complexity index is 546. The standard InChI is InChI=1S/C10H11F3O6S/c1-17-6-3-4-7(9(14)18-2)8(5-6)19-20(15,16)10(11,12)13/h3,5,7H,4H2,1-2H3. The maximum Gasteiger partial charge on any atom is 0.534 e. The third kappa shape index (κ3) is 3.44. The maximum atomic E-state index is 12.3. The van der Waals surface area contributed by atoms with Crippen LogP contribution in [0.25, 0.3) is 0 Å². The fraction of sp³-hybridized carbons (Fsp3) is 0.500. The van der Waals surface area contributed by atoms with Crippen molar-refractivity contribution in [2.45, 2.75) is 11.9 Å². The molecule has 0 saturated heterocycles. The van der Waals surface area contributed by atoms with Crippen LogP contribution in [0.5, 0.6) is 0 Å². The van der Waals surface area contributed by atoms with Gasteiger partial charge in [0.25, 0.3) is 0 Å². The highest BCUT2D eigenvalue weighted by atomic mass is 32.2. The van der Waals surface area contributed by atoms with Gasteiger partial charge in [0.2, 0.25) is 0 Å². The number of hydrogen-bond acceptors (Lipinski definition) is 6. The van der Waals surface area contributed by atoms with E-state index >= 15 is 0 Å². The fourth-order valence-corrected chi connectivity index (χ4v) is 1.91. The predicted molar refractivity (Wildman–Crippen MR) is 59.4 cm³/mol. The van der Waals surface area contributed by atoms with Gasteiger partial charge in [-0.25, -0.2) is 0 Å². The highest BCUT2D eigenvalue weighted by Crippen LogP contribution is 2.33. The van der Waals surface area contributed by atoms with Crippen molar-refractivity contribution in [3.8, 4) is 0 Å². The number of methoxy groups -OCH3 is 2. The molecule has 10 heteroatoms. The van der Waals surface area contributed by atoms with Gasteiger partial charge in [0.05, 0.1) is 14.2 Å². The molecule has 0 aliphatic heterocycles. The molecular formula is C10H11F3O6S. The summed E-state index contributed by atoms with van der Waals surface area (Å²) in [6, 6.07) is 0. The minimum absolute atomic E-state index is 0.0810. The lowest BCUT2D eigenvalue weighted by Crippen LogP contribution is -2.30. The van der Waals surface area contributed by atoms with Crippen LogP contribution in [0, 0.1) is 5.92 Å². The second kappa shape index (κ2) is 5.73. The lowest BCUT2D eigenvalue weighted by Gasteiger charge is -2.21. The van der Waals surface area contributed by atoms with Crippen molar-refractivity contribution < 1.29 is 40.0 Å². The fourth-order valence-electron chi connectivity index (χ4n) is 1.40. The first-order chi connectivity index (χ1) is 9.12. The quantitative estimate of drug-likeness (QED) is 0.444. The number of alkyl halides is 3. The Morgan fingerprint density at radius 1 is 1.35 bits per heavy atom. The average molecular weight is 316 g/mol. The van der Waals surface area contributed by atoms with E-state index < -0.39 is 33.3 Å². The summed E-state index contributed by atoms with van der Waals surface area (Å²) in [5.74, 6) is -2.82. The van der Waals surface area contributed by atoms with Gasteiger partial charge in [0, 0.05) is 6.08 Å². The molecule has 0 saturated carbocycles. The minimum atomic E-state index is -5.86. The Hall–Kier alpha value is -1.71. The van der Waals surface area contributed by atoms with Gasteiger partial charge in [-0.05, 0) is 12.5 Å². The molecule has 6 nitrogen and oxygen atoms in total. The molecule has 20 heavy (non-hydrogen) atoms. The number of carbonyl (C=O) groups is 1. The molecule has 0 radical (unpaired) electrons. The molecule has 1 unspecified atom stereocenters. The van der Waals surface area contributed by atoms with Crippen LogP contribution in [0.4, 0.5) is 13.2 Å². The summed E-state index contributed by atoms with van der Waals surface area (Å²) in [4.78, 5) is 11.4. The van der Waals surface area contributed by atoms with Crippen LogP contribution >= 0.6 is 0 Å². The summed E-state index contributed by atoms with van der Waals surface area (Å²) in [7, 11) is -3.61. The highest BCUT2D eigenvalue weighted by molar-refractivity contribution is 7.87. The molecule has 1 rings (SSSR count). The third-order valence-corrected chi connectivity index (χ3v) is 3.37. The number of allylic oxidation sites excluding steroid dienone is 2. The zero-order chi connectivity index (χ0) is 15.6. The largest absolute Gasteiger partial charge is 0.534 e. The molecule has 0 amide bonds. The number of rotatable bonds is 4. The highest BCUT2D eigenvalue weighted by Gasteiger charge is 2.50. The van der Waals surface area contributed by atoms with E-state index in [1.165, 1.54) is 13.2 Å². The van der Waals surface area contributed by atoms with Gasteiger partial charge in [-0.3, -0.25) is 4.79 Å². The molecule has 1 atom stereocenters. The van der Waals surface area contributed by atoms with Gasteiger partial charge in [0.1, 0.15) is 17.4 Å². The second-order valence-corrected chi connectivity index (χ2v) is 5.19. The summed E-state index contributed by atoms with van der Waals surface area (Å²) >= 11 is 0. The summed E-state index contributed by atoms with van der Waals surface area (Å²) in [5, 5.41) is 0. The lowest BCUT2D eigenvalue weighted by atomic mass is 9.98. The molecular weight excluding hydrogens is 305 g/mol. The number of halogens is 3. The first kappa shape index (κ1) is 16.3. The Labute approximate surface area is 112 Å². The Kier molecular flexibility index (Phi) is 4.69. The van der Waals surface area contributed by atoms with E-state index in [0.29, 0.717) is 0 Å². The molecule has 0 aromatic heterocycles. The van der Waals surface area contributed by atoms with Crippen LogP contribution in [-0.2, 0) is 28.6 Å². The van der Waals surface area contributed by atoms with Gasteiger partial charge in [-0.1, -0.05) is 0 Å². The van der Waals surface area contributed by atoms with Crippen molar-refractivity contribution in [3.05, 3.63) is 23.7 Å². The average Bonchev–Trinajstić information content (AvgIpc) is 2.36. The van der Waals surface area contributed by atoms with Crippen molar-refractivity contribution in [1.29, 1.82) is 0 Å². The van der Waals surface area contributed by atoms with Crippen LogP contribution in [0.3, 0.4) is 0 Å². The molecule has 114 valence electrons. The van der Waals surface area contributed by atoms with Crippen molar-refractivity contribution in [1.82, 2.24) is 0 Å². The van der Waals surface area contributed by atoms with E-state index in [1.54, 1.807) is 0 Å². The Morgan fingerprint density at radius 3 is 2.40 bits per heavy atom. The number of hydrogen-bond donors (Lipinski definition) is 0. The van der Waals surface area contributed by atoms with Crippen LogP contribution in [-0.4, -0.2) is 34.1 Å². The van der Waals surface area contributed by atoms with Crippen LogP contribution < -0.4 is 0 Å². The smallest absolute Gasteiger partial charge is 0.497 e. The molecule has 1 aliphatic rings. The van der Waals surface area contributed by atoms with Crippen molar-refractivity contribution in [2.24, 2.45) is 5.92 Å². The van der Waals surface area contributed by atoms with E-state index in [1.807, 2.05) is 0 Å². The van der Waals surface area contributed by atoms with E-state index in [4.69, 9.17) is 4.74 Å². The van der Waals surface area contributed by atoms with Gasteiger partial charge in [0.15, 0.2) is 0 Å². The molecule has 1 aliphatic carbocycles. The normalized spacial score (nSPS) is 19.8. The number of esters is 1.